The second-order valence-electron chi connectivity index (χ2n) is 7.79. The van der Waals surface area contributed by atoms with Crippen LogP contribution in [0.4, 0.5) is 0 Å². The van der Waals surface area contributed by atoms with E-state index in [0.29, 0.717) is 29.2 Å². The van der Waals surface area contributed by atoms with Crippen molar-refractivity contribution < 1.29 is 9.53 Å². The van der Waals surface area contributed by atoms with Crippen LogP contribution in [0.1, 0.15) is 28.7 Å². The van der Waals surface area contributed by atoms with Crippen LogP contribution in [0.3, 0.4) is 0 Å². The highest BCUT2D eigenvalue weighted by atomic mass is 16.5. The lowest BCUT2D eigenvalue weighted by Gasteiger charge is -2.10. The van der Waals surface area contributed by atoms with Crippen molar-refractivity contribution in [3.8, 4) is 22.8 Å². The molecule has 0 atom stereocenters. The topological polar surface area (TPSA) is 79.0 Å². The number of carbonyl (C=O) groups is 1. The van der Waals surface area contributed by atoms with E-state index in [0.717, 1.165) is 27.8 Å². The van der Waals surface area contributed by atoms with Gasteiger partial charge in [0, 0.05) is 34.0 Å². The lowest BCUT2D eigenvalue weighted by atomic mass is 10.2. The average Bonchev–Trinajstić information content (AvgIpc) is 3.16. The molecule has 0 unspecified atom stereocenters. The van der Waals surface area contributed by atoms with Crippen molar-refractivity contribution in [2.75, 3.05) is 6.61 Å². The molecular formula is C26H22N4O3. The monoisotopic (exact) mass is 438 g/mol. The largest absolute Gasteiger partial charge is 0.462 e. The summed E-state index contributed by atoms with van der Waals surface area (Å²) in [5, 5.41) is 6.31. The summed E-state index contributed by atoms with van der Waals surface area (Å²) in [6, 6.07) is 18.5. The van der Waals surface area contributed by atoms with E-state index >= 15 is 0 Å². The Bertz CT molecular complexity index is 1520. The highest BCUT2D eigenvalue weighted by molar-refractivity contribution is 5.92. The number of esters is 1. The fourth-order valence-electron chi connectivity index (χ4n) is 4.22. The molecule has 0 bridgehead atoms. The molecule has 3 heterocycles. The highest BCUT2D eigenvalue weighted by Crippen LogP contribution is 2.30. The summed E-state index contributed by atoms with van der Waals surface area (Å²) in [5.41, 5.74) is 4.34. The quantitative estimate of drug-likeness (QED) is 0.387. The lowest BCUT2D eigenvalue weighted by Crippen LogP contribution is -2.14. The van der Waals surface area contributed by atoms with E-state index in [-0.39, 0.29) is 11.5 Å². The third-order valence-electron chi connectivity index (χ3n) is 5.84. The molecule has 2 aromatic carbocycles. The maximum atomic E-state index is 13.1. The molecule has 0 fully saturated rings. The van der Waals surface area contributed by atoms with Gasteiger partial charge in [-0.05, 0) is 63.2 Å². The zero-order chi connectivity index (χ0) is 23.1. The molecule has 2 aliphatic rings. The molecule has 33 heavy (non-hydrogen) atoms. The Morgan fingerprint density at radius 1 is 0.939 bits per heavy atom. The van der Waals surface area contributed by atoms with E-state index in [1.165, 1.54) is 4.68 Å². The van der Waals surface area contributed by atoms with Crippen molar-refractivity contribution in [2.45, 2.75) is 20.8 Å². The fourth-order valence-corrected chi connectivity index (χ4v) is 4.22. The Balaban J connectivity index is 1.66. The van der Waals surface area contributed by atoms with Crippen molar-refractivity contribution in [1.29, 1.82) is 0 Å². The first-order valence-electron chi connectivity index (χ1n) is 10.7. The summed E-state index contributed by atoms with van der Waals surface area (Å²) in [7, 11) is 0. The standard InChI is InChI=1S/C26H22N4O3/c1-4-33-26(32)18-10-12-19(13-11-18)29-16(2)21-14-22-24(27-15-23(21)17(29)3)28-30(25(22)31)20-8-6-5-7-9-20/h5-15H,4H2,1-3H3. The summed E-state index contributed by atoms with van der Waals surface area (Å²) in [6.07, 6.45) is 1.77. The molecule has 0 aliphatic carbocycles. The minimum atomic E-state index is -0.341. The van der Waals surface area contributed by atoms with E-state index in [1.807, 2.05) is 62.4 Å². The van der Waals surface area contributed by atoms with Crippen LogP contribution in [0.25, 0.3) is 33.5 Å². The first-order chi connectivity index (χ1) is 16.0. The molecule has 1 aromatic heterocycles. The normalized spacial score (nSPS) is 11.2. The zero-order valence-corrected chi connectivity index (χ0v) is 18.6. The zero-order valence-electron chi connectivity index (χ0n) is 18.6. The molecule has 5 rings (SSSR count). The van der Waals surface area contributed by atoms with Gasteiger partial charge in [-0.25, -0.2) is 9.78 Å². The van der Waals surface area contributed by atoms with Crippen LogP contribution in [0, 0.1) is 13.8 Å². The van der Waals surface area contributed by atoms with Crippen LogP contribution in [0.15, 0.2) is 71.7 Å². The smallest absolute Gasteiger partial charge is 0.338 e. The van der Waals surface area contributed by atoms with Crippen LogP contribution in [-0.4, -0.2) is 31.9 Å². The molecular weight excluding hydrogens is 416 g/mol. The third-order valence-corrected chi connectivity index (χ3v) is 5.84. The molecule has 164 valence electrons. The lowest BCUT2D eigenvalue weighted by molar-refractivity contribution is 0.0526. The van der Waals surface area contributed by atoms with Gasteiger partial charge in [-0.15, -0.1) is 5.10 Å². The maximum Gasteiger partial charge on any atom is 0.338 e. The van der Waals surface area contributed by atoms with Crippen LogP contribution in [-0.2, 0) is 4.74 Å². The molecule has 7 nitrogen and oxygen atoms in total. The number of nitrogens with zero attached hydrogens (tertiary/aromatic N) is 4. The molecule has 0 saturated heterocycles. The summed E-state index contributed by atoms with van der Waals surface area (Å²) in [4.78, 5) is 29.7. The Morgan fingerprint density at radius 2 is 1.64 bits per heavy atom. The number of fused-ring (bicyclic) bond motifs is 2. The molecule has 7 heteroatoms. The van der Waals surface area contributed by atoms with Gasteiger partial charge in [0.25, 0.3) is 5.56 Å². The highest BCUT2D eigenvalue weighted by Gasteiger charge is 2.20. The maximum absolute atomic E-state index is 13.1. The first kappa shape index (κ1) is 20.6. The SMILES string of the molecule is CCOC(=O)c1ccc(-n2c(C)c3cnc4nn(-c5ccccc5)c(=O)c-4cc3c2C)cc1. The molecule has 0 saturated carbocycles. The fraction of sp³-hybridized carbons (Fsp3) is 0.154. The van der Waals surface area contributed by atoms with Crippen molar-refractivity contribution in [3.05, 3.63) is 94.2 Å². The molecule has 3 aromatic rings. The van der Waals surface area contributed by atoms with E-state index in [9.17, 15) is 9.59 Å². The van der Waals surface area contributed by atoms with Crippen LogP contribution in [0.2, 0.25) is 0 Å². The van der Waals surface area contributed by atoms with Crippen LogP contribution < -0.4 is 5.56 Å². The molecule has 2 aliphatic heterocycles. The van der Waals surface area contributed by atoms with Gasteiger partial charge in [-0.2, -0.15) is 4.68 Å². The third kappa shape index (κ3) is 3.38. The Morgan fingerprint density at radius 3 is 2.33 bits per heavy atom. The van der Waals surface area contributed by atoms with Gasteiger partial charge in [-0.3, -0.25) is 4.79 Å². The number of para-hydroxylation sites is 1. The number of rotatable bonds is 4. The second-order valence-corrected chi connectivity index (χ2v) is 7.79. The van der Waals surface area contributed by atoms with Gasteiger partial charge < -0.3 is 9.30 Å². The van der Waals surface area contributed by atoms with Gasteiger partial charge in [0.1, 0.15) is 0 Å². The number of hydrogen-bond acceptors (Lipinski definition) is 5. The van der Waals surface area contributed by atoms with Crippen molar-refractivity contribution in [1.82, 2.24) is 19.3 Å². The number of ether oxygens (including phenoxy) is 1. The minimum absolute atomic E-state index is 0.204. The van der Waals surface area contributed by atoms with Crippen LogP contribution in [0.5, 0.6) is 0 Å². The van der Waals surface area contributed by atoms with Crippen molar-refractivity contribution in [3.63, 3.8) is 0 Å². The Hall–Kier alpha value is -4.26. The second kappa shape index (κ2) is 8.02. The summed E-state index contributed by atoms with van der Waals surface area (Å²) in [5.74, 6) is 0.0661. The minimum Gasteiger partial charge on any atom is -0.462 e. The van der Waals surface area contributed by atoms with Crippen LogP contribution >= 0.6 is 0 Å². The number of aromatic nitrogens is 4. The first-order valence-corrected chi connectivity index (χ1v) is 10.7. The molecule has 0 N–H and O–H groups in total. The van der Waals surface area contributed by atoms with E-state index < -0.39 is 0 Å². The van der Waals surface area contributed by atoms with Gasteiger partial charge in [-0.1, -0.05) is 18.2 Å². The number of aryl methyl sites for hydroxylation is 2. The summed E-state index contributed by atoms with van der Waals surface area (Å²) >= 11 is 0. The van der Waals surface area contributed by atoms with E-state index in [2.05, 4.69) is 14.6 Å². The summed E-state index contributed by atoms with van der Waals surface area (Å²) < 4.78 is 8.56. The molecule has 0 radical (unpaired) electrons. The number of carbonyl (C=O) groups excluding carboxylic acids is 1. The average molecular weight is 438 g/mol. The Kier molecular flexibility index (Phi) is 5.01. The predicted molar refractivity (Wildman–Crippen MR) is 127 cm³/mol. The molecule has 0 spiro atoms. The molecule has 0 amide bonds. The summed E-state index contributed by atoms with van der Waals surface area (Å²) in [6.45, 7) is 6.14. The van der Waals surface area contributed by atoms with Crippen molar-refractivity contribution >= 4 is 16.7 Å². The van der Waals surface area contributed by atoms with Crippen molar-refractivity contribution in [2.24, 2.45) is 0 Å². The predicted octanol–water partition coefficient (Wildman–Crippen LogP) is 4.47. The van der Waals surface area contributed by atoms with E-state index in [4.69, 9.17) is 4.74 Å². The Labute approximate surface area is 190 Å². The van der Waals surface area contributed by atoms with Gasteiger partial charge in [0.05, 0.1) is 23.4 Å². The number of hydrogen-bond donors (Lipinski definition) is 0. The van der Waals surface area contributed by atoms with Gasteiger partial charge >= 0.3 is 5.97 Å². The van der Waals surface area contributed by atoms with Gasteiger partial charge in [0.15, 0.2) is 5.82 Å². The number of benzene rings is 2. The van der Waals surface area contributed by atoms with E-state index in [1.54, 1.807) is 25.3 Å². The van der Waals surface area contributed by atoms with Gasteiger partial charge in [0.2, 0.25) is 0 Å².